The zero-order valence-electron chi connectivity index (χ0n) is 10.9. The van der Waals surface area contributed by atoms with Crippen molar-refractivity contribution >= 4 is 5.91 Å². The Kier molecular flexibility index (Phi) is 4.10. The maximum absolute atomic E-state index is 12.2. The van der Waals surface area contributed by atoms with Crippen molar-refractivity contribution < 1.29 is 4.79 Å². The van der Waals surface area contributed by atoms with Gasteiger partial charge in [0, 0.05) is 26.3 Å². The Morgan fingerprint density at radius 1 is 1.44 bits per heavy atom. The van der Waals surface area contributed by atoms with E-state index in [4.69, 9.17) is 0 Å². The van der Waals surface area contributed by atoms with Gasteiger partial charge in [-0.25, -0.2) is 0 Å². The molecule has 1 amide bonds. The van der Waals surface area contributed by atoms with Crippen LogP contribution in [0.1, 0.15) is 41.5 Å². The smallest absolute Gasteiger partial charge is 0.257 e. The number of hydrogen-bond acceptors (Lipinski definition) is 2. The minimum Gasteiger partial charge on any atom is -0.342 e. The van der Waals surface area contributed by atoms with E-state index in [-0.39, 0.29) is 5.91 Å². The molecule has 0 aliphatic heterocycles. The average Bonchev–Trinajstić information content (AvgIpc) is 2.49. The molecule has 0 saturated carbocycles. The molecule has 0 aliphatic carbocycles. The van der Waals surface area contributed by atoms with E-state index in [1.165, 1.54) is 0 Å². The number of amides is 1. The maximum atomic E-state index is 12.2. The quantitative estimate of drug-likeness (QED) is 0.782. The Labute approximate surface area is 97.2 Å². The Bertz CT molecular complexity index is 382. The van der Waals surface area contributed by atoms with Crippen LogP contribution in [0.2, 0.25) is 0 Å². The third-order valence-electron chi connectivity index (χ3n) is 2.92. The first kappa shape index (κ1) is 12.7. The zero-order valence-corrected chi connectivity index (χ0v) is 10.9. The predicted octanol–water partition coefficient (Wildman–Crippen LogP) is 1.91. The molecule has 0 fully saturated rings. The van der Waals surface area contributed by atoms with Gasteiger partial charge < -0.3 is 4.90 Å². The van der Waals surface area contributed by atoms with E-state index in [0.29, 0.717) is 0 Å². The molecule has 1 aromatic heterocycles. The van der Waals surface area contributed by atoms with E-state index < -0.39 is 0 Å². The van der Waals surface area contributed by atoms with Crippen LogP contribution >= 0.6 is 0 Å². The van der Waals surface area contributed by atoms with E-state index in [1.807, 2.05) is 27.9 Å². The molecule has 16 heavy (non-hydrogen) atoms. The number of rotatable bonds is 4. The summed E-state index contributed by atoms with van der Waals surface area (Å²) in [6.45, 7) is 6.75. The largest absolute Gasteiger partial charge is 0.342 e. The summed E-state index contributed by atoms with van der Waals surface area (Å²) < 4.78 is 1.76. The van der Waals surface area contributed by atoms with Gasteiger partial charge in [0.25, 0.3) is 5.91 Å². The highest BCUT2D eigenvalue weighted by molar-refractivity contribution is 5.96. The fourth-order valence-electron chi connectivity index (χ4n) is 1.77. The third-order valence-corrected chi connectivity index (χ3v) is 2.92. The van der Waals surface area contributed by atoms with Crippen LogP contribution in [0.3, 0.4) is 0 Å². The van der Waals surface area contributed by atoms with Crippen LogP contribution in [0.5, 0.6) is 0 Å². The standard InChI is InChI=1S/C12H21N3O/c1-6-7-8-14(4)12(16)11-9(2)13-15(5)10(11)3/h6-8H2,1-5H3. The van der Waals surface area contributed by atoms with Crippen molar-refractivity contribution in [2.75, 3.05) is 13.6 Å². The summed E-state index contributed by atoms with van der Waals surface area (Å²) in [5.41, 5.74) is 2.50. The molecular formula is C12H21N3O. The molecule has 4 heteroatoms. The molecule has 0 saturated heterocycles. The zero-order chi connectivity index (χ0) is 12.3. The number of carbonyl (C=O) groups is 1. The van der Waals surface area contributed by atoms with Crippen molar-refractivity contribution in [2.24, 2.45) is 7.05 Å². The molecule has 0 aromatic carbocycles. The molecule has 0 spiro atoms. The van der Waals surface area contributed by atoms with Gasteiger partial charge in [-0.1, -0.05) is 13.3 Å². The van der Waals surface area contributed by atoms with Gasteiger partial charge in [0.15, 0.2) is 0 Å². The molecule has 1 rings (SSSR count). The Balaban J connectivity index is 2.87. The topological polar surface area (TPSA) is 38.1 Å². The molecule has 0 unspecified atom stereocenters. The van der Waals surface area contributed by atoms with Crippen LogP contribution in [0.25, 0.3) is 0 Å². The van der Waals surface area contributed by atoms with Crippen molar-refractivity contribution in [1.29, 1.82) is 0 Å². The van der Waals surface area contributed by atoms with Crippen molar-refractivity contribution in [3.05, 3.63) is 17.0 Å². The predicted molar refractivity (Wildman–Crippen MR) is 64.6 cm³/mol. The van der Waals surface area contributed by atoms with Crippen LogP contribution in [-0.4, -0.2) is 34.2 Å². The summed E-state index contributed by atoms with van der Waals surface area (Å²) >= 11 is 0. The summed E-state index contributed by atoms with van der Waals surface area (Å²) in [5.74, 6) is 0.0801. The summed E-state index contributed by atoms with van der Waals surface area (Å²) in [5, 5.41) is 4.26. The van der Waals surface area contributed by atoms with Gasteiger partial charge in [0.05, 0.1) is 11.3 Å². The van der Waals surface area contributed by atoms with Crippen LogP contribution in [0, 0.1) is 13.8 Å². The van der Waals surface area contributed by atoms with Gasteiger partial charge in [-0.3, -0.25) is 9.48 Å². The fourth-order valence-corrected chi connectivity index (χ4v) is 1.77. The second kappa shape index (κ2) is 5.14. The first-order valence-corrected chi connectivity index (χ1v) is 5.74. The minimum absolute atomic E-state index is 0.0801. The van der Waals surface area contributed by atoms with Gasteiger partial charge in [-0.15, -0.1) is 0 Å². The van der Waals surface area contributed by atoms with Gasteiger partial charge in [-0.2, -0.15) is 5.10 Å². The lowest BCUT2D eigenvalue weighted by Gasteiger charge is -2.16. The monoisotopic (exact) mass is 223 g/mol. The molecule has 0 radical (unpaired) electrons. The molecule has 4 nitrogen and oxygen atoms in total. The van der Waals surface area contributed by atoms with Crippen molar-refractivity contribution in [3.8, 4) is 0 Å². The molecule has 0 bridgehead atoms. The highest BCUT2D eigenvalue weighted by Gasteiger charge is 2.20. The summed E-state index contributed by atoms with van der Waals surface area (Å²) in [6, 6.07) is 0. The van der Waals surface area contributed by atoms with Crippen LogP contribution < -0.4 is 0 Å². The SMILES string of the molecule is CCCCN(C)C(=O)c1c(C)nn(C)c1C. The van der Waals surface area contributed by atoms with E-state index in [0.717, 1.165) is 36.3 Å². The molecule has 0 aliphatic rings. The lowest BCUT2D eigenvalue weighted by Crippen LogP contribution is -2.28. The van der Waals surface area contributed by atoms with E-state index in [9.17, 15) is 4.79 Å². The second-order valence-electron chi connectivity index (χ2n) is 4.25. The van der Waals surface area contributed by atoms with Crippen LogP contribution in [0.15, 0.2) is 0 Å². The van der Waals surface area contributed by atoms with E-state index >= 15 is 0 Å². The van der Waals surface area contributed by atoms with Crippen LogP contribution in [-0.2, 0) is 7.05 Å². The summed E-state index contributed by atoms with van der Waals surface area (Å²) in [7, 11) is 3.72. The number of hydrogen-bond donors (Lipinski definition) is 0. The van der Waals surface area contributed by atoms with E-state index in [1.54, 1.807) is 9.58 Å². The number of nitrogens with zero attached hydrogens (tertiary/aromatic N) is 3. The maximum Gasteiger partial charge on any atom is 0.257 e. The summed E-state index contributed by atoms with van der Waals surface area (Å²) in [4.78, 5) is 14.0. The third kappa shape index (κ3) is 2.43. The highest BCUT2D eigenvalue weighted by Crippen LogP contribution is 2.14. The molecule has 0 atom stereocenters. The van der Waals surface area contributed by atoms with Gasteiger partial charge >= 0.3 is 0 Å². The van der Waals surface area contributed by atoms with E-state index in [2.05, 4.69) is 12.0 Å². The van der Waals surface area contributed by atoms with Crippen molar-refractivity contribution in [1.82, 2.24) is 14.7 Å². The Morgan fingerprint density at radius 3 is 2.50 bits per heavy atom. The normalized spacial score (nSPS) is 10.6. The van der Waals surface area contributed by atoms with Gasteiger partial charge in [-0.05, 0) is 20.3 Å². The number of carbonyl (C=O) groups excluding carboxylic acids is 1. The first-order valence-electron chi connectivity index (χ1n) is 5.74. The second-order valence-corrected chi connectivity index (χ2v) is 4.25. The minimum atomic E-state index is 0.0801. The first-order chi connectivity index (χ1) is 7.49. The number of unbranched alkanes of at least 4 members (excludes halogenated alkanes) is 1. The number of aryl methyl sites for hydroxylation is 2. The molecular weight excluding hydrogens is 202 g/mol. The Hall–Kier alpha value is -1.32. The van der Waals surface area contributed by atoms with Crippen molar-refractivity contribution in [3.63, 3.8) is 0 Å². The molecule has 1 aromatic rings. The average molecular weight is 223 g/mol. The Morgan fingerprint density at radius 2 is 2.06 bits per heavy atom. The highest BCUT2D eigenvalue weighted by atomic mass is 16.2. The van der Waals surface area contributed by atoms with Crippen LogP contribution in [0.4, 0.5) is 0 Å². The fraction of sp³-hybridized carbons (Fsp3) is 0.667. The van der Waals surface area contributed by atoms with Crippen molar-refractivity contribution in [2.45, 2.75) is 33.6 Å². The lowest BCUT2D eigenvalue weighted by molar-refractivity contribution is 0.0791. The molecule has 90 valence electrons. The molecule has 0 N–H and O–H groups in total. The summed E-state index contributed by atoms with van der Waals surface area (Å²) in [6.07, 6.45) is 2.14. The van der Waals surface area contributed by atoms with Gasteiger partial charge in [0.1, 0.15) is 0 Å². The number of aromatic nitrogens is 2. The molecule has 1 heterocycles. The lowest BCUT2D eigenvalue weighted by atomic mass is 10.1. The van der Waals surface area contributed by atoms with Gasteiger partial charge in [0.2, 0.25) is 0 Å².